The molecule has 0 aromatic rings. The van der Waals surface area contributed by atoms with Crippen LogP contribution in [-0.2, 0) is 14.3 Å². The Morgan fingerprint density at radius 1 is 1.50 bits per heavy atom. The van der Waals surface area contributed by atoms with E-state index in [4.69, 9.17) is 5.11 Å². The largest absolute Gasteiger partial charge is 0.478 e. The Balaban J connectivity index is 3.53. The maximum atomic E-state index is 10.7. The molecule has 5 heteroatoms. The highest BCUT2D eigenvalue weighted by Crippen LogP contribution is 1.74. The third-order valence-corrected chi connectivity index (χ3v) is 0.983. The van der Waals surface area contributed by atoms with Gasteiger partial charge in [-0.25, -0.2) is 4.79 Å². The molecule has 5 nitrogen and oxygen atoms in total. The van der Waals surface area contributed by atoms with Crippen LogP contribution in [0.2, 0.25) is 0 Å². The van der Waals surface area contributed by atoms with E-state index >= 15 is 0 Å². The van der Waals surface area contributed by atoms with Crippen LogP contribution in [0.3, 0.4) is 0 Å². The predicted octanol–water partition coefficient (Wildman–Crippen LogP) is -0.610. The number of hydrogen-bond donors (Lipinski definition) is 2. The standard InChI is InChI=1S/C7H11NO4/c1-12-5-4-8-6(9)2-3-7(10)11/h2-3H,4-5H2,1H3,(H,8,9)(H,10,11). The highest BCUT2D eigenvalue weighted by Gasteiger charge is 1.94. The zero-order chi connectivity index (χ0) is 9.40. The molecular formula is C7H11NO4. The molecule has 0 aromatic heterocycles. The van der Waals surface area contributed by atoms with Gasteiger partial charge in [-0.05, 0) is 0 Å². The van der Waals surface area contributed by atoms with Gasteiger partial charge in [0.05, 0.1) is 6.61 Å². The van der Waals surface area contributed by atoms with E-state index in [-0.39, 0.29) is 0 Å². The number of carboxylic acid groups (broad SMARTS) is 1. The number of ether oxygens (including phenoxy) is 1. The van der Waals surface area contributed by atoms with Gasteiger partial charge in [0, 0.05) is 25.8 Å². The van der Waals surface area contributed by atoms with Crippen LogP contribution in [-0.4, -0.2) is 37.2 Å². The van der Waals surface area contributed by atoms with Crippen molar-refractivity contribution in [2.45, 2.75) is 0 Å². The van der Waals surface area contributed by atoms with Crippen molar-refractivity contribution >= 4 is 11.9 Å². The van der Waals surface area contributed by atoms with Crippen LogP contribution in [0, 0.1) is 0 Å². The van der Waals surface area contributed by atoms with Gasteiger partial charge in [-0.2, -0.15) is 0 Å². The first kappa shape index (κ1) is 10.6. The zero-order valence-electron chi connectivity index (χ0n) is 6.74. The van der Waals surface area contributed by atoms with Gasteiger partial charge in [0.1, 0.15) is 0 Å². The molecule has 2 N–H and O–H groups in total. The fourth-order valence-electron chi connectivity index (χ4n) is 0.482. The summed E-state index contributed by atoms with van der Waals surface area (Å²) in [4.78, 5) is 20.6. The normalized spacial score (nSPS) is 10.1. The molecular weight excluding hydrogens is 162 g/mol. The smallest absolute Gasteiger partial charge is 0.328 e. The van der Waals surface area contributed by atoms with Crippen LogP contribution in [0.15, 0.2) is 12.2 Å². The van der Waals surface area contributed by atoms with Crippen molar-refractivity contribution in [1.82, 2.24) is 5.32 Å². The van der Waals surface area contributed by atoms with E-state index in [1.54, 1.807) is 0 Å². The van der Waals surface area contributed by atoms with Crippen LogP contribution < -0.4 is 5.32 Å². The van der Waals surface area contributed by atoms with E-state index in [0.717, 1.165) is 12.2 Å². The number of aliphatic carboxylic acids is 1. The summed E-state index contributed by atoms with van der Waals surface area (Å²) >= 11 is 0. The SMILES string of the molecule is COCCNC(=O)C=CC(=O)O. The number of nitrogens with one attached hydrogen (secondary N) is 1. The van der Waals surface area contributed by atoms with Crippen LogP contribution >= 0.6 is 0 Å². The Kier molecular flexibility index (Phi) is 5.64. The zero-order valence-corrected chi connectivity index (χ0v) is 6.74. The van der Waals surface area contributed by atoms with Crippen molar-refractivity contribution in [2.24, 2.45) is 0 Å². The second-order valence-corrected chi connectivity index (χ2v) is 1.96. The molecule has 0 unspecified atom stereocenters. The minimum Gasteiger partial charge on any atom is -0.478 e. The van der Waals surface area contributed by atoms with Gasteiger partial charge < -0.3 is 15.2 Å². The first-order valence-corrected chi connectivity index (χ1v) is 3.34. The molecule has 0 heterocycles. The lowest BCUT2D eigenvalue weighted by Gasteiger charge is -1.98. The molecule has 0 aliphatic rings. The molecule has 0 saturated carbocycles. The minimum atomic E-state index is -1.14. The molecule has 68 valence electrons. The predicted molar refractivity (Wildman–Crippen MR) is 41.7 cm³/mol. The summed E-state index contributed by atoms with van der Waals surface area (Å²) in [6.07, 6.45) is 1.74. The molecule has 0 radical (unpaired) electrons. The van der Waals surface area contributed by atoms with Gasteiger partial charge in [-0.1, -0.05) is 0 Å². The average Bonchev–Trinajstić information content (AvgIpc) is 2.01. The van der Waals surface area contributed by atoms with Gasteiger partial charge in [-0.3, -0.25) is 4.79 Å². The molecule has 0 spiro atoms. The number of carbonyl (C=O) groups excluding carboxylic acids is 1. The molecule has 0 rings (SSSR count). The van der Waals surface area contributed by atoms with Gasteiger partial charge in [-0.15, -0.1) is 0 Å². The van der Waals surface area contributed by atoms with E-state index in [1.165, 1.54) is 7.11 Å². The van der Waals surface area contributed by atoms with E-state index < -0.39 is 11.9 Å². The topological polar surface area (TPSA) is 75.6 Å². The van der Waals surface area contributed by atoms with E-state index in [1.807, 2.05) is 0 Å². The Morgan fingerprint density at radius 2 is 2.17 bits per heavy atom. The molecule has 0 aliphatic heterocycles. The molecule has 0 aromatic carbocycles. The van der Waals surface area contributed by atoms with Crippen molar-refractivity contribution < 1.29 is 19.4 Å². The molecule has 0 bridgehead atoms. The number of rotatable bonds is 5. The van der Waals surface area contributed by atoms with Crippen LogP contribution in [0.4, 0.5) is 0 Å². The van der Waals surface area contributed by atoms with Gasteiger partial charge in [0.2, 0.25) is 5.91 Å². The number of methoxy groups -OCH3 is 1. The second kappa shape index (κ2) is 6.36. The van der Waals surface area contributed by atoms with E-state index in [9.17, 15) is 9.59 Å². The van der Waals surface area contributed by atoms with Crippen LogP contribution in [0.25, 0.3) is 0 Å². The van der Waals surface area contributed by atoms with Crippen LogP contribution in [0.5, 0.6) is 0 Å². The third kappa shape index (κ3) is 6.76. The lowest BCUT2D eigenvalue weighted by atomic mass is 10.4. The highest BCUT2D eigenvalue weighted by molar-refractivity contribution is 5.93. The van der Waals surface area contributed by atoms with Gasteiger partial charge in [0.25, 0.3) is 0 Å². The Bertz CT molecular complexity index is 188. The molecule has 0 atom stereocenters. The van der Waals surface area contributed by atoms with Crippen molar-refractivity contribution in [2.75, 3.05) is 20.3 Å². The quantitative estimate of drug-likeness (QED) is 0.429. The fraction of sp³-hybridized carbons (Fsp3) is 0.429. The minimum absolute atomic E-state index is 0.374. The molecule has 12 heavy (non-hydrogen) atoms. The monoisotopic (exact) mass is 173 g/mol. The number of amides is 1. The summed E-state index contributed by atoms with van der Waals surface area (Å²) in [5.74, 6) is -1.58. The number of carbonyl (C=O) groups is 2. The highest BCUT2D eigenvalue weighted by atomic mass is 16.5. The summed E-state index contributed by atoms with van der Waals surface area (Å²) in [6.45, 7) is 0.784. The summed E-state index contributed by atoms with van der Waals surface area (Å²) < 4.78 is 4.66. The summed E-state index contributed by atoms with van der Waals surface area (Å²) in [5, 5.41) is 10.6. The van der Waals surface area contributed by atoms with Crippen molar-refractivity contribution in [3.8, 4) is 0 Å². The molecule has 1 amide bonds. The van der Waals surface area contributed by atoms with E-state index in [2.05, 4.69) is 10.1 Å². The maximum absolute atomic E-state index is 10.7. The second-order valence-electron chi connectivity index (χ2n) is 1.96. The third-order valence-electron chi connectivity index (χ3n) is 0.983. The van der Waals surface area contributed by atoms with Gasteiger partial charge >= 0.3 is 5.97 Å². The summed E-state index contributed by atoms with van der Waals surface area (Å²) in [5.41, 5.74) is 0. The maximum Gasteiger partial charge on any atom is 0.328 e. The number of carboxylic acids is 1. The fourth-order valence-corrected chi connectivity index (χ4v) is 0.482. The van der Waals surface area contributed by atoms with Crippen molar-refractivity contribution in [3.63, 3.8) is 0 Å². The van der Waals surface area contributed by atoms with Crippen molar-refractivity contribution in [3.05, 3.63) is 12.2 Å². The summed E-state index contributed by atoms with van der Waals surface area (Å²) in [6, 6.07) is 0. The van der Waals surface area contributed by atoms with Crippen LogP contribution in [0.1, 0.15) is 0 Å². The average molecular weight is 173 g/mol. The van der Waals surface area contributed by atoms with Crippen molar-refractivity contribution in [1.29, 1.82) is 0 Å². The molecule has 0 saturated heterocycles. The van der Waals surface area contributed by atoms with Gasteiger partial charge in [0.15, 0.2) is 0 Å². The lowest BCUT2D eigenvalue weighted by molar-refractivity contribution is -0.131. The Morgan fingerprint density at radius 3 is 2.67 bits per heavy atom. The number of hydrogen-bond acceptors (Lipinski definition) is 3. The van der Waals surface area contributed by atoms with E-state index in [0.29, 0.717) is 13.2 Å². The first-order chi connectivity index (χ1) is 5.66. The first-order valence-electron chi connectivity index (χ1n) is 3.34. The Labute approximate surface area is 70.0 Å². The lowest BCUT2D eigenvalue weighted by Crippen LogP contribution is -2.25. The molecule has 0 aliphatic carbocycles. The summed E-state index contributed by atoms with van der Waals surface area (Å²) in [7, 11) is 1.51. The molecule has 0 fully saturated rings. The Hall–Kier alpha value is -1.36.